The van der Waals surface area contributed by atoms with Crippen molar-refractivity contribution in [1.82, 2.24) is 14.3 Å². The maximum atomic E-state index is 12.8. The van der Waals surface area contributed by atoms with Gasteiger partial charge in [0.2, 0.25) is 10.0 Å². The minimum atomic E-state index is -4.71. The van der Waals surface area contributed by atoms with Crippen molar-refractivity contribution < 1.29 is 21.6 Å². The Bertz CT molecular complexity index is 1430. The number of nitriles is 1. The number of alkyl halides is 3. The van der Waals surface area contributed by atoms with E-state index in [0.717, 1.165) is 12.6 Å². The molecule has 32 heavy (non-hydrogen) atoms. The number of allylic oxidation sites excluding steroid dienone is 4. The number of fused-ring (bicyclic) bond motifs is 1. The Hall–Kier alpha value is -3.13. The summed E-state index contributed by atoms with van der Waals surface area (Å²) in [5, 5.41) is 10.7. The summed E-state index contributed by atoms with van der Waals surface area (Å²) in [7, 11) is -4.40. The second-order valence-electron chi connectivity index (χ2n) is 7.06. The summed E-state index contributed by atoms with van der Waals surface area (Å²) in [6, 6.07) is 6.77. The zero-order valence-corrected chi connectivity index (χ0v) is 17.9. The molecule has 2 aromatic heterocycles. The molecule has 1 atom stereocenters. The van der Waals surface area contributed by atoms with E-state index in [1.165, 1.54) is 30.5 Å². The molecule has 4 rings (SSSR count). The number of halogens is 4. The lowest BCUT2D eigenvalue weighted by atomic mass is 10.1. The molecule has 0 spiro atoms. The number of nitrogens with zero attached hydrogens (tertiary/aromatic N) is 3. The van der Waals surface area contributed by atoms with Crippen LogP contribution >= 0.6 is 11.6 Å². The topological polar surface area (TPSA) is 87.8 Å². The molecule has 6 nitrogen and oxygen atoms in total. The first-order valence-corrected chi connectivity index (χ1v) is 11.1. The van der Waals surface area contributed by atoms with E-state index in [4.69, 9.17) is 11.6 Å². The van der Waals surface area contributed by atoms with E-state index in [-0.39, 0.29) is 10.5 Å². The van der Waals surface area contributed by atoms with Gasteiger partial charge in [0, 0.05) is 22.8 Å². The van der Waals surface area contributed by atoms with Gasteiger partial charge < -0.3 is 0 Å². The van der Waals surface area contributed by atoms with Gasteiger partial charge in [0.1, 0.15) is 17.8 Å². The van der Waals surface area contributed by atoms with Crippen LogP contribution in [-0.2, 0) is 10.0 Å². The van der Waals surface area contributed by atoms with Crippen molar-refractivity contribution >= 4 is 38.4 Å². The predicted molar refractivity (Wildman–Crippen MR) is 114 cm³/mol. The zero-order chi connectivity index (χ0) is 23.3. The number of benzene rings is 1. The van der Waals surface area contributed by atoms with Crippen molar-refractivity contribution in [3.05, 3.63) is 65.3 Å². The fourth-order valence-corrected chi connectivity index (χ4v) is 4.66. The highest BCUT2D eigenvalue weighted by atomic mass is 35.5. The van der Waals surface area contributed by atoms with Gasteiger partial charge in [0.25, 0.3) is 0 Å². The Morgan fingerprint density at radius 1 is 1.25 bits per heavy atom. The van der Waals surface area contributed by atoms with Gasteiger partial charge in [-0.25, -0.2) is 13.4 Å². The second kappa shape index (κ2) is 7.78. The molecule has 0 bridgehead atoms. The summed E-state index contributed by atoms with van der Waals surface area (Å²) in [5.74, 6) is 0. The molecule has 0 aliphatic heterocycles. The fourth-order valence-electron chi connectivity index (χ4n) is 3.27. The van der Waals surface area contributed by atoms with E-state index >= 15 is 0 Å². The maximum absolute atomic E-state index is 12.8. The van der Waals surface area contributed by atoms with E-state index < -0.39 is 22.2 Å². The molecule has 0 saturated heterocycles. The van der Waals surface area contributed by atoms with Crippen LogP contribution in [0.15, 0.2) is 59.7 Å². The molecule has 0 amide bonds. The number of rotatable bonds is 5. The van der Waals surface area contributed by atoms with Gasteiger partial charge >= 0.3 is 6.18 Å². The number of aromatic nitrogens is 2. The Kier molecular flexibility index (Phi) is 5.36. The maximum Gasteiger partial charge on any atom is 0.404 e. The SMILES string of the molecule is C[C@H](NS(=O)(=O)c1ccc(-c2c(C#N)c3cc(Cl)cnc3n2C2=CC=C2)cc1)C(F)(F)F. The zero-order valence-electron chi connectivity index (χ0n) is 16.4. The van der Waals surface area contributed by atoms with Gasteiger partial charge in [0.05, 0.1) is 21.2 Å². The Morgan fingerprint density at radius 2 is 1.91 bits per heavy atom. The summed E-state index contributed by atoms with van der Waals surface area (Å²) >= 11 is 6.06. The molecule has 0 radical (unpaired) electrons. The lowest BCUT2D eigenvalue weighted by molar-refractivity contribution is -0.147. The van der Waals surface area contributed by atoms with Crippen LogP contribution in [0.25, 0.3) is 28.0 Å². The van der Waals surface area contributed by atoms with Crippen molar-refractivity contribution in [1.29, 1.82) is 5.26 Å². The first-order chi connectivity index (χ1) is 15.0. The van der Waals surface area contributed by atoms with Crippen molar-refractivity contribution in [2.75, 3.05) is 0 Å². The lowest BCUT2D eigenvalue weighted by Crippen LogP contribution is -2.42. The minimum absolute atomic E-state index is 0.288. The molecule has 3 aromatic rings. The number of nitrogens with one attached hydrogen (secondary N) is 1. The van der Waals surface area contributed by atoms with Gasteiger partial charge in [-0.2, -0.15) is 23.2 Å². The number of sulfonamides is 1. The highest BCUT2D eigenvalue weighted by molar-refractivity contribution is 7.89. The van der Waals surface area contributed by atoms with Gasteiger partial charge in [-0.3, -0.25) is 4.57 Å². The van der Waals surface area contributed by atoms with Crippen LogP contribution in [0, 0.1) is 11.3 Å². The lowest BCUT2D eigenvalue weighted by Gasteiger charge is -2.18. The minimum Gasteiger partial charge on any atom is -0.293 e. The van der Waals surface area contributed by atoms with Gasteiger partial charge in [-0.1, -0.05) is 29.8 Å². The first kappa shape index (κ1) is 22.1. The summed E-state index contributed by atoms with van der Waals surface area (Å²) in [6.45, 7) is 0.724. The molecule has 11 heteroatoms. The summed E-state index contributed by atoms with van der Waals surface area (Å²) in [4.78, 5) is 4.01. The molecule has 1 aliphatic rings. The Balaban J connectivity index is 1.82. The van der Waals surface area contributed by atoms with E-state index in [9.17, 15) is 26.9 Å². The molecule has 1 N–H and O–H groups in total. The Morgan fingerprint density at radius 3 is 2.44 bits per heavy atom. The molecule has 2 heterocycles. The van der Waals surface area contributed by atoms with E-state index in [1.54, 1.807) is 15.4 Å². The molecule has 0 unspecified atom stereocenters. The van der Waals surface area contributed by atoms with E-state index in [0.29, 0.717) is 27.3 Å². The van der Waals surface area contributed by atoms with Crippen LogP contribution in [0.1, 0.15) is 12.5 Å². The van der Waals surface area contributed by atoms with Crippen LogP contribution in [0.5, 0.6) is 0 Å². The van der Waals surface area contributed by atoms with Crippen LogP contribution < -0.4 is 4.72 Å². The number of hydrogen-bond acceptors (Lipinski definition) is 4. The monoisotopic (exact) mass is 478 g/mol. The second-order valence-corrected chi connectivity index (χ2v) is 9.21. The number of hydrogen-bond donors (Lipinski definition) is 1. The molecule has 0 saturated carbocycles. The average molecular weight is 479 g/mol. The van der Waals surface area contributed by atoms with E-state index in [1.807, 2.05) is 18.2 Å². The van der Waals surface area contributed by atoms with Gasteiger partial charge in [-0.05, 0) is 37.3 Å². The largest absolute Gasteiger partial charge is 0.404 e. The van der Waals surface area contributed by atoms with Crippen LogP contribution in [0.4, 0.5) is 13.2 Å². The first-order valence-electron chi connectivity index (χ1n) is 9.21. The predicted octanol–water partition coefficient (Wildman–Crippen LogP) is 4.87. The van der Waals surface area contributed by atoms with E-state index in [2.05, 4.69) is 11.1 Å². The summed E-state index contributed by atoms with van der Waals surface area (Å²) < 4.78 is 66.4. The molecule has 1 aromatic carbocycles. The highest BCUT2D eigenvalue weighted by Gasteiger charge is 2.38. The summed E-state index contributed by atoms with van der Waals surface area (Å²) in [5.41, 5.74) is 2.50. The van der Waals surface area contributed by atoms with Crippen LogP contribution in [0.2, 0.25) is 5.02 Å². The average Bonchev–Trinajstić information content (AvgIpc) is 2.99. The molecular weight excluding hydrogens is 465 g/mol. The third-order valence-corrected chi connectivity index (χ3v) is 6.70. The smallest absolute Gasteiger partial charge is 0.293 e. The normalized spacial score (nSPS) is 14.7. The molecule has 0 fully saturated rings. The molecular formula is C21H14ClF3N4O2S. The fraction of sp³-hybridized carbons (Fsp3) is 0.143. The van der Waals surface area contributed by atoms with Gasteiger partial charge in [0.15, 0.2) is 0 Å². The van der Waals surface area contributed by atoms with Crippen molar-refractivity contribution in [2.45, 2.75) is 24.0 Å². The highest BCUT2D eigenvalue weighted by Crippen LogP contribution is 2.37. The third-order valence-electron chi connectivity index (χ3n) is 4.94. The van der Waals surface area contributed by atoms with Crippen LogP contribution in [-0.4, -0.2) is 30.2 Å². The van der Waals surface area contributed by atoms with Crippen molar-refractivity contribution in [3.8, 4) is 17.3 Å². The van der Waals surface area contributed by atoms with Crippen molar-refractivity contribution in [3.63, 3.8) is 0 Å². The molecule has 164 valence electrons. The Labute approximate surface area is 186 Å². The molecule has 1 aliphatic carbocycles. The number of pyridine rings is 1. The quantitative estimate of drug-likeness (QED) is 0.566. The van der Waals surface area contributed by atoms with Gasteiger partial charge in [-0.15, -0.1) is 0 Å². The van der Waals surface area contributed by atoms with Crippen molar-refractivity contribution in [2.24, 2.45) is 0 Å². The summed E-state index contributed by atoms with van der Waals surface area (Å²) in [6.07, 6.45) is 2.20. The van der Waals surface area contributed by atoms with Crippen LogP contribution in [0.3, 0.4) is 0 Å². The third kappa shape index (κ3) is 3.79. The standard InChI is InChI=1S/C21H14ClF3N4O2S/c1-12(21(23,24)25)28-32(30,31)16-7-5-13(6-8-16)19-18(10-26)17-9-14(22)11-27-20(17)29(19)15-3-2-4-15/h2-9,11-12,28H,1H3/t12-/m0/s1.